The molecule has 0 aromatic heterocycles. The maximum Gasteiger partial charge on any atom is 0.177 e. The second-order valence-corrected chi connectivity index (χ2v) is 3.93. The molecule has 0 aromatic rings. The van der Waals surface area contributed by atoms with Crippen LogP contribution in [0.15, 0.2) is 24.0 Å². The van der Waals surface area contributed by atoms with E-state index in [1.54, 1.807) is 12.2 Å². The highest BCUT2D eigenvalue weighted by Gasteiger charge is 2.43. The van der Waals surface area contributed by atoms with Crippen molar-refractivity contribution in [3.05, 3.63) is 24.0 Å². The lowest BCUT2D eigenvalue weighted by atomic mass is 9.83. The van der Waals surface area contributed by atoms with E-state index in [2.05, 4.69) is 0 Å². The van der Waals surface area contributed by atoms with Crippen LogP contribution in [-0.4, -0.2) is 37.4 Å². The van der Waals surface area contributed by atoms with Crippen LogP contribution in [-0.2, 0) is 19.1 Å². The van der Waals surface area contributed by atoms with Gasteiger partial charge in [0.25, 0.3) is 0 Å². The fourth-order valence-corrected chi connectivity index (χ4v) is 1.76. The summed E-state index contributed by atoms with van der Waals surface area (Å²) in [5.41, 5.74) is 4.56. The Labute approximate surface area is 100 Å². The van der Waals surface area contributed by atoms with Gasteiger partial charge in [-0.15, -0.1) is 0 Å². The summed E-state index contributed by atoms with van der Waals surface area (Å²) in [5, 5.41) is 0. The number of carbonyl (C=O) groups is 2. The number of rotatable bonds is 5. The predicted octanol–water partition coefficient (Wildman–Crippen LogP) is 0.347. The van der Waals surface area contributed by atoms with Crippen molar-refractivity contribution in [2.24, 2.45) is 5.73 Å². The number of allylic oxidation sites excluding steroid dienone is 1. The molecule has 0 fully saturated rings. The Bertz CT molecular complexity index is 386. The molecule has 2 atom stereocenters. The molecule has 2 N–H and O–H groups in total. The first-order valence-corrected chi connectivity index (χ1v) is 5.24. The van der Waals surface area contributed by atoms with Gasteiger partial charge in [0.2, 0.25) is 0 Å². The summed E-state index contributed by atoms with van der Waals surface area (Å²) < 4.78 is 10.3. The molecule has 0 saturated heterocycles. The summed E-state index contributed by atoms with van der Waals surface area (Å²) in [6, 6.07) is -0.627. The van der Waals surface area contributed by atoms with E-state index in [1.807, 2.05) is 0 Å². The fourth-order valence-electron chi connectivity index (χ4n) is 1.76. The Hall–Kier alpha value is -1.46. The summed E-state index contributed by atoms with van der Waals surface area (Å²) in [6.45, 7) is 1.35. The number of carbonyl (C=O) groups excluding carboxylic acids is 2. The second kappa shape index (κ2) is 5.25. The Morgan fingerprint density at radius 3 is 2.59 bits per heavy atom. The molecule has 0 heterocycles. The number of ether oxygens (including phenoxy) is 2. The molecular weight excluding hydrogens is 222 g/mol. The number of Topliss-reactive ketones (excluding diaryl/α,β-unsaturated/α-hetero) is 2. The van der Waals surface area contributed by atoms with Crippen molar-refractivity contribution < 1.29 is 19.1 Å². The van der Waals surface area contributed by atoms with Crippen LogP contribution in [0.2, 0.25) is 0 Å². The molecule has 0 spiro atoms. The first kappa shape index (κ1) is 13.6. The average Bonchev–Trinajstić information content (AvgIpc) is 2.29. The number of ketones is 2. The number of nitrogens with two attached hydrogens (primary N) is 1. The maximum absolute atomic E-state index is 12.1. The quantitative estimate of drug-likeness (QED) is 0.700. The molecular formula is C12H17NO4. The molecule has 2 unspecified atom stereocenters. The number of methoxy groups -OCH3 is 2. The van der Waals surface area contributed by atoms with Crippen molar-refractivity contribution in [2.45, 2.75) is 25.0 Å². The maximum atomic E-state index is 12.1. The molecule has 0 bridgehead atoms. The van der Waals surface area contributed by atoms with E-state index in [0.29, 0.717) is 5.76 Å². The summed E-state index contributed by atoms with van der Waals surface area (Å²) in [5.74, 6) is -0.0927. The molecule has 5 nitrogen and oxygen atoms in total. The van der Waals surface area contributed by atoms with E-state index in [-0.39, 0.29) is 18.0 Å². The van der Waals surface area contributed by atoms with Crippen LogP contribution >= 0.6 is 0 Å². The van der Waals surface area contributed by atoms with Crippen LogP contribution in [0, 0.1) is 0 Å². The van der Waals surface area contributed by atoms with Gasteiger partial charge in [0.15, 0.2) is 11.4 Å². The molecule has 0 aliphatic heterocycles. The largest absolute Gasteiger partial charge is 0.497 e. The molecule has 0 amide bonds. The van der Waals surface area contributed by atoms with Crippen molar-refractivity contribution in [1.29, 1.82) is 0 Å². The van der Waals surface area contributed by atoms with Crippen LogP contribution in [0.4, 0.5) is 0 Å². The molecule has 1 aliphatic carbocycles. The third-order valence-corrected chi connectivity index (χ3v) is 2.74. The third-order valence-electron chi connectivity index (χ3n) is 2.74. The Balaban J connectivity index is 3.09. The molecule has 0 aromatic carbocycles. The molecule has 17 heavy (non-hydrogen) atoms. The van der Waals surface area contributed by atoms with Gasteiger partial charge in [0, 0.05) is 7.11 Å². The first-order chi connectivity index (χ1) is 7.96. The van der Waals surface area contributed by atoms with Gasteiger partial charge in [-0.2, -0.15) is 0 Å². The minimum atomic E-state index is -1.31. The van der Waals surface area contributed by atoms with E-state index in [9.17, 15) is 9.59 Å². The fraction of sp³-hybridized carbons (Fsp3) is 0.500. The number of hydrogen-bond donors (Lipinski definition) is 1. The minimum Gasteiger partial charge on any atom is -0.497 e. The highest BCUT2D eigenvalue weighted by molar-refractivity contribution is 6.04. The minimum absolute atomic E-state index is 0.205. The van der Waals surface area contributed by atoms with Crippen molar-refractivity contribution in [3.8, 4) is 0 Å². The zero-order valence-electron chi connectivity index (χ0n) is 10.2. The normalized spacial score (nSPS) is 27.5. The van der Waals surface area contributed by atoms with Crippen LogP contribution in [0.5, 0.6) is 0 Å². The number of hydrogen-bond acceptors (Lipinski definition) is 5. The van der Waals surface area contributed by atoms with Crippen LogP contribution < -0.4 is 5.73 Å². The lowest BCUT2D eigenvalue weighted by Gasteiger charge is -2.34. The average molecular weight is 239 g/mol. The highest BCUT2D eigenvalue weighted by atomic mass is 16.5. The van der Waals surface area contributed by atoms with E-state index in [1.165, 1.54) is 27.2 Å². The van der Waals surface area contributed by atoms with Crippen LogP contribution in [0.3, 0.4) is 0 Å². The van der Waals surface area contributed by atoms with Crippen molar-refractivity contribution in [2.75, 3.05) is 14.2 Å². The Kier molecular flexibility index (Phi) is 4.20. The lowest BCUT2D eigenvalue weighted by Crippen LogP contribution is -2.54. The van der Waals surface area contributed by atoms with E-state index >= 15 is 0 Å². The van der Waals surface area contributed by atoms with Crippen molar-refractivity contribution >= 4 is 11.6 Å². The summed E-state index contributed by atoms with van der Waals surface area (Å²) >= 11 is 0. The summed E-state index contributed by atoms with van der Waals surface area (Å²) in [6.07, 6.45) is 4.61. The van der Waals surface area contributed by atoms with Gasteiger partial charge in [0.1, 0.15) is 11.5 Å². The first-order valence-electron chi connectivity index (χ1n) is 5.24. The van der Waals surface area contributed by atoms with Crippen LogP contribution in [0.25, 0.3) is 0 Å². The third kappa shape index (κ3) is 2.62. The van der Waals surface area contributed by atoms with Gasteiger partial charge in [-0.1, -0.05) is 6.08 Å². The van der Waals surface area contributed by atoms with E-state index < -0.39 is 11.6 Å². The lowest BCUT2D eigenvalue weighted by molar-refractivity contribution is -0.139. The highest BCUT2D eigenvalue weighted by Crippen LogP contribution is 2.27. The molecule has 0 radical (unpaired) electrons. The Morgan fingerprint density at radius 2 is 2.12 bits per heavy atom. The van der Waals surface area contributed by atoms with E-state index in [4.69, 9.17) is 15.2 Å². The smallest absolute Gasteiger partial charge is 0.177 e. The van der Waals surface area contributed by atoms with Gasteiger partial charge in [-0.05, 0) is 19.1 Å². The van der Waals surface area contributed by atoms with Crippen molar-refractivity contribution in [3.63, 3.8) is 0 Å². The zero-order valence-corrected chi connectivity index (χ0v) is 10.2. The topological polar surface area (TPSA) is 78.6 Å². The molecule has 94 valence electrons. The second-order valence-electron chi connectivity index (χ2n) is 3.93. The molecule has 0 saturated carbocycles. The van der Waals surface area contributed by atoms with Gasteiger partial charge in [-0.3, -0.25) is 9.59 Å². The van der Waals surface area contributed by atoms with Gasteiger partial charge in [-0.25, -0.2) is 0 Å². The van der Waals surface area contributed by atoms with Crippen LogP contribution in [0.1, 0.15) is 13.3 Å². The zero-order chi connectivity index (χ0) is 13.1. The monoisotopic (exact) mass is 239 g/mol. The van der Waals surface area contributed by atoms with Gasteiger partial charge < -0.3 is 15.2 Å². The molecule has 5 heteroatoms. The molecule has 1 rings (SSSR count). The SMILES string of the molecule is COC1=CC(OC)(C(=O)CC(C)=O)C(N)C=C1. The predicted molar refractivity (Wildman–Crippen MR) is 62.3 cm³/mol. The molecule has 1 aliphatic rings. The van der Waals surface area contributed by atoms with Gasteiger partial charge in [0.05, 0.1) is 19.6 Å². The standard InChI is InChI=1S/C12H17NO4/c1-8(14)6-11(15)12(17-3)7-9(16-2)4-5-10(12)13/h4-5,7,10H,6,13H2,1-3H3. The van der Waals surface area contributed by atoms with Gasteiger partial charge >= 0.3 is 0 Å². The summed E-state index contributed by atoms with van der Waals surface area (Å²) in [4.78, 5) is 23.1. The van der Waals surface area contributed by atoms with E-state index in [0.717, 1.165) is 0 Å². The Morgan fingerprint density at radius 1 is 1.47 bits per heavy atom. The summed E-state index contributed by atoms with van der Waals surface area (Å²) in [7, 11) is 2.88. The van der Waals surface area contributed by atoms with Crippen molar-refractivity contribution in [1.82, 2.24) is 0 Å².